The maximum atomic E-state index is 12.1. The average Bonchev–Trinajstić information content (AvgIpc) is 3.09. The average molecular weight is 362 g/mol. The van der Waals surface area contributed by atoms with Gasteiger partial charge < -0.3 is 10.1 Å². The van der Waals surface area contributed by atoms with E-state index in [9.17, 15) is 9.59 Å². The zero-order chi connectivity index (χ0) is 18.2. The SMILES string of the molecule is CC(C)C[C@H](NC(=O)OCc1ccccc1)c1csc(C(=O)NN)n1. The molecule has 0 aliphatic heterocycles. The number of thiazole rings is 1. The molecule has 0 aliphatic rings. The smallest absolute Gasteiger partial charge is 0.408 e. The van der Waals surface area contributed by atoms with Gasteiger partial charge in [-0.05, 0) is 17.9 Å². The zero-order valence-electron chi connectivity index (χ0n) is 14.2. The first-order valence-corrected chi connectivity index (χ1v) is 8.81. The summed E-state index contributed by atoms with van der Waals surface area (Å²) < 4.78 is 5.26. The van der Waals surface area contributed by atoms with Crippen molar-refractivity contribution < 1.29 is 14.3 Å². The molecule has 0 unspecified atom stereocenters. The minimum Gasteiger partial charge on any atom is -0.445 e. The lowest BCUT2D eigenvalue weighted by molar-refractivity contribution is 0.0953. The molecule has 1 aromatic heterocycles. The van der Waals surface area contributed by atoms with E-state index in [0.29, 0.717) is 18.0 Å². The topological polar surface area (TPSA) is 106 Å². The summed E-state index contributed by atoms with van der Waals surface area (Å²) in [5.41, 5.74) is 3.58. The van der Waals surface area contributed by atoms with Gasteiger partial charge in [0.25, 0.3) is 5.91 Å². The van der Waals surface area contributed by atoms with Crippen LogP contribution in [0.15, 0.2) is 35.7 Å². The summed E-state index contributed by atoms with van der Waals surface area (Å²) in [5, 5.41) is 4.83. The van der Waals surface area contributed by atoms with Crippen LogP contribution in [0.2, 0.25) is 0 Å². The van der Waals surface area contributed by atoms with Gasteiger partial charge in [0, 0.05) is 5.38 Å². The summed E-state index contributed by atoms with van der Waals surface area (Å²) >= 11 is 1.18. The van der Waals surface area contributed by atoms with Crippen molar-refractivity contribution in [2.45, 2.75) is 32.9 Å². The maximum absolute atomic E-state index is 12.1. The number of aromatic nitrogens is 1. The Morgan fingerprint density at radius 1 is 1.28 bits per heavy atom. The number of rotatable bonds is 7. The fourth-order valence-corrected chi connectivity index (χ4v) is 3.02. The molecule has 1 heterocycles. The van der Waals surface area contributed by atoms with Gasteiger partial charge in [0.2, 0.25) is 0 Å². The number of hydrogen-bond acceptors (Lipinski definition) is 6. The molecule has 4 N–H and O–H groups in total. The molecule has 1 atom stereocenters. The lowest BCUT2D eigenvalue weighted by atomic mass is 10.0. The molecule has 0 aliphatic carbocycles. The van der Waals surface area contributed by atoms with Crippen LogP contribution in [-0.4, -0.2) is 17.0 Å². The van der Waals surface area contributed by atoms with Crippen LogP contribution in [0.4, 0.5) is 4.79 Å². The molecule has 25 heavy (non-hydrogen) atoms. The van der Waals surface area contributed by atoms with E-state index >= 15 is 0 Å². The highest BCUT2D eigenvalue weighted by Gasteiger charge is 2.21. The first-order valence-electron chi connectivity index (χ1n) is 7.93. The summed E-state index contributed by atoms with van der Waals surface area (Å²) in [4.78, 5) is 27.9. The van der Waals surface area contributed by atoms with E-state index in [2.05, 4.69) is 15.7 Å². The van der Waals surface area contributed by atoms with Gasteiger partial charge >= 0.3 is 6.09 Å². The highest BCUT2D eigenvalue weighted by atomic mass is 32.1. The van der Waals surface area contributed by atoms with Crippen LogP contribution in [-0.2, 0) is 11.3 Å². The third-order valence-corrected chi connectivity index (χ3v) is 4.28. The Hall–Kier alpha value is -2.45. The molecule has 8 heteroatoms. The first kappa shape index (κ1) is 18.9. The number of carbonyl (C=O) groups is 2. The Bertz CT molecular complexity index is 703. The minimum absolute atomic E-state index is 0.193. The van der Waals surface area contributed by atoms with E-state index in [-0.39, 0.29) is 17.7 Å². The molecule has 2 amide bonds. The Balaban J connectivity index is 2.00. The fraction of sp³-hybridized carbons (Fsp3) is 0.353. The quantitative estimate of drug-likeness (QED) is 0.399. The van der Waals surface area contributed by atoms with Crippen LogP contribution in [0.5, 0.6) is 0 Å². The van der Waals surface area contributed by atoms with Crippen molar-refractivity contribution in [1.29, 1.82) is 0 Å². The van der Waals surface area contributed by atoms with Crippen LogP contribution in [0.1, 0.15) is 47.4 Å². The van der Waals surface area contributed by atoms with Crippen LogP contribution < -0.4 is 16.6 Å². The number of hydrogen-bond donors (Lipinski definition) is 3. The number of nitrogens with zero attached hydrogens (tertiary/aromatic N) is 1. The van der Waals surface area contributed by atoms with E-state index < -0.39 is 12.0 Å². The summed E-state index contributed by atoms with van der Waals surface area (Å²) in [6.07, 6.45) is 0.153. The van der Waals surface area contributed by atoms with Crippen LogP contribution >= 0.6 is 11.3 Å². The predicted octanol–water partition coefficient (Wildman–Crippen LogP) is 2.76. The third kappa shape index (κ3) is 5.84. The Morgan fingerprint density at radius 2 is 2.00 bits per heavy atom. The molecule has 0 spiro atoms. The fourth-order valence-electron chi connectivity index (χ4n) is 2.24. The summed E-state index contributed by atoms with van der Waals surface area (Å²) in [7, 11) is 0. The number of nitrogens with one attached hydrogen (secondary N) is 2. The van der Waals surface area contributed by atoms with E-state index in [1.54, 1.807) is 5.38 Å². The highest BCUT2D eigenvalue weighted by molar-refractivity contribution is 7.11. The largest absolute Gasteiger partial charge is 0.445 e. The number of carbonyl (C=O) groups excluding carboxylic acids is 2. The summed E-state index contributed by atoms with van der Waals surface area (Å²) in [5.74, 6) is 5.00. The second-order valence-corrected chi connectivity index (χ2v) is 6.80. The molecule has 1 aromatic carbocycles. The molecule has 2 aromatic rings. The molecule has 2 rings (SSSR count). The Morgan fingerprint density at radius 3 is 2.64 bits per heavy atom. The molecule has 134 valence electrons. The molecule has 7 nitrogen and oxygen atoms in total. The lowest BCUT2D eigenvalue weighted by Crippen LogP contribution is -2.31. The van der Waals surface area contributed by atoms with Crippen molar-refractivity contribution in [3.63, 3.8) is 0 Å². The normalized spacial score (nSPS) is 11.8. The number of nitrogens with two attached hydrogens (primary N) is 1. The minimum atomic E-state index is -0.521. The van der Waals surface area contributed by atoms with Crippen LogP contribution in [0.25, 0.3) is 0 Å². The second kappa shape index (κ2) is 9.14. The van der Waals surface area contributed by atoms with E-state index in [0.717, 1.165) is 5.56 Å². The third-order valence-electron chi connectivity index (χ3n) is 3.42. The van der Waals surface area contributed by atoms with Crippen molar-refractivity contribution in [2.24, 2.45) is 11.8 Å². The van der Waals surface area contributed by atoms with Gasteiger partial charge in [-0.1, -0.05) is 44.2 Å². The van der Waals surface area contributed by atoms with Crippen molar-refractivity contribution in [3.8, 4) is 0 Å². The molecule has 0 saturated heterocycles. The van der Waals surface area contributed by atoms with Gasteiger partial charge in [-0.3, -0.25) is 10.2 Å². The number of benzene rings is 1. The van der Waals surface area contributed by atoms with Gasteiger partial charge in [-0.2, -0.15) is 0 Å². The number of alkyl carbamates (subject to hydrolysis) is 1. The molecular weight excluding hydrogens is 340 g/mol. The van der Waals surface area contributed by atoms with Gasteiger partial charge in [-0.25, -0.2) is 15.6 Å². The molecule has 0 radical (unpaired) electrons. The number of amides is 2. The van der Waals surface area contributed by atoms with Crippen molar-refractivity contribution in [1.82, 2.24) is 15.7 Å². The van der Waals surface area contributed by atoms with E-state index in [1.165, 1.54) is 11.3 Å². The van der Waals surface area contributed by atoms with Gasteiger partial charge in [0.1, 0.15) is 6.61 Å². The first-order chi connectivity index (χ1) is 12.0. The monoisotopic (exact) mass is 362 g/mol. The molecule has 0 bridgehead atoms. The number of nitrogen functional groups attached to an aromatic ring is 1. The van der Waals surface area contributed by atoms with E-state index in [4.69, 9.17) is 10.6 Å². The zero-order valence-corrected chi connectivity index (χ0v) is 15.0. The van der Waals surface area contributed by atoms with Gasteiger partial charge in [0.05, 0.1) is 11.7 Å². The summed E-state index contributed by atoms with van der Waals surface area (Å²) in [6, 6.07) is 9.11. The highest BCUT2D eigenvalue weighted by Crippen LogP contribution is 2.23. The van der Waals surface area contributed by atoms with Crippen molar-refractivity contribution in [3.05, 3.63) is 52.0 Å². The number of hydrazine groups is 1. The van der Waals surface area contributed by atoms with Gasteiger partial charge in [-0.15, -0.1) is 11.3 Å². The molecule has 0 fully saturated rings. The summed E-state index contributed by atoms with van der Waals surface area (Å²) in [6.45, 7) is 4.28. The second-order valence-electron chi connectivity index (χ2n) is 5.94. The van der Waals surface area contributed by atoms with Crippen molar-refractivity contribution >= 4 is 23.3 Å². The molecular formula is C17H22N4O3S. The number of ether oxygens (including phenoxy) is 1. The van der Waals surface area contributed by atoms with Crippen LogP contribution in [0.3, 0.4) is 0 Å². The standard InChI is InChI=1S/C17H22N4O3S/c1-11(2)8-13(14-10-25-16(19-14)15(22)21-18)20-17(23)24-9-12-6-4-3-5-7-12/h3-7,10-11,13H,8-9,18H2,1-2H3,(H,20,23)(H,21,22)/t13-/m0/s1. The maximum Gasteiger partial charge on any atom is 0.408 e. The molecule has 0 saturated carbocycles. The lowest BCUT2D eigenvalue weighted by Gasteiger charge is -2.18. The van der Waals surface area contributed by atoms with E-state index in [1.807, 2.05) is 44.2 Å². The van der Waals surface area contributed by atoms with Crippen molar-refractivity contribution in [2.75, 3.05) is 0 Å². The van der Waals surface area contributed by atoms with Gasteiger partial charge in [0.15, 0.2) is 5.01 Å². The Labute approximate surface area is 150 Å². The Kier molecular flexibility index (Phi) is 6.91. The van der Waals surface area contributed by atoms with Crippen LogP contribution in [0, 0.1) is 5.92 Å². The predicted molar refractivity (Wildman–Crippen MR) is 95.7 cm³/mol.